The lowest BCUT2D eigenvalue weighted by Crippen LogP contribution is -2.27. The molecule has 0 unspecified atom stereocenters. The molecule has 5 heteroatoms. The van der Waals surface area contributed by atoms with Gasteiger partial charge in [-0.15, -0.1) is 0 Å². The van der Waals surface area contributed by atoms with Crippen LogP contribution in [0.4, 0.5) is 11.5 Å². The number of pyridine rings is 1. The minimum atomic E-state index is -0.149. The molecule has 0 aliphatic rings. The molecule has 1 aromatic heterocycles. The number of carbonyl (C=O) groups excluding carboxylic acids is 1. The lowest BCUT2D eigenvalue weighted by Gasteiger charge is -2.19. The molecule has 0 spiro atoms. The summed E-state index contributed by atoms with van der Waals surface area (Å²) in [6.45, 7) is 2.64. The van der Waals surface area contributed by atoms with E-state index in [0.717, 1.165) is 5.69 Å². The fourth-order valence-corrected chi connectivity index (χ4v) is 1.94. The summed E-state index contributed by atoms with van der Waals surface area (Å²) < 4.78 is 0. The van der Waals surface area contributed by atoms with Gasteiger partial charge in [0.2, 0.25) is 0 Å². The Kier molecular flexibility index (Phi) is 4.52. The number of rotatable bonds is 4. The quantitative estimate of drug-likeness (QED) is 0.934. The maximum Gasteiger partial charge on any atom is 0.261 e. The van der Waals surface area contributed by atoms with E-state index < -0.39 is 0 Å². The molecule has 0 aliphatic carbocycles. The topological polar surface area (TPSA) is 69.0 Å². The van der Waals surface area contributed by atoms with Crippen LogP contribution >= 0.6 is 0 Å². The maximum absolute atomic E-state index is 12.6. The van der Waals surface area contributed by atoms with Gasteiger partial charge in [0, 0.05) is 25.5 Å². The summed E-state index contributed by atoms with van der Waals surface area (Å²) >= 11 is 0. The van der Waals surface area contributed by atoms with Gasteiger partial charge in [0.1, 0.15) is 5.82 Å². The molecule has 0 aliphatic heterocycles. The number of benzene rings is 1. The number of carbonyl (C=O) groups is 1. The molecule has 21 heavy (non-hydrogen) atoms. The molecule has 2 rings (SSSR count). The van der Waals surface area contributed by atoms with E-state index in [1.807, 2.05) is 6.92 Å². The highest BCUT2D eigenvalue weighted by atomic mass is 16.2. The Morgan fingerprint density at radius 3 is 2.67 bits per heavy atom. The van der Waals surface area contributed by atoms with Crippen LogP contribution in [0.3, 0.4) is 0 Å². The standard InChI is InChI=1S/C16H16N4O/c1-3-18-15-14(5-4-10-19-15)16(21)20(2)13-8-6-12(11-17)7-9-13/h4-10H,3H2,1-2H3,(H,18,19). The Bertz CT molecular complexity index is 673. The number of nitriles is 1. The third-order valence-corrected chi connectivity index (χ3v) is 3.07. The van der Waals surface area contributed by atoms with Crippen LogP contribution < -0.4 is 10.2 Å². The highest BCUT2D eigenvalue weighted by Gasteiger charge is 2.17. The van der Waals surface area contributed by atoms with Crippen molar-refractivity contribution >= 4 is 17.4 Å². The number of hydrogen-bond acceptors (Lipinski definition) is 4. The van der Waals surface area contributed by atoms with Gasteiger partial charge in [-0.25, -0.2) is 4.98 Å². The van der Waals surface area contributed by atoms with Gasteiger partial charge in [0.05, 0.1) is 17.2 Å². The van der Waals surface area contributed by atoms with E-state index in [-0.39, 0.29) is 5.91 Å². The van der Waals surface area contributed by atoms with E-state index in [1.54, 1.807) is 54.5 Å². The number of hydrogen-bond donors (Lipinski definition) is 1. The van der Waals surface area contributed by atoms with Gasteiger partial charge in [-0.05, 0) is 43.3 Å². The van der Waals surface area contributed by atoms with Gasteiger partial charge in [0.25, 0.3) is 5.91 Å². The van der Waals surface area contributed by atoms with Crippen molar-refractivity contribution in [2.75, 3.05) is 23.8 Å². The number of anilines is 2. The van der Waals surface area contributed by atoms with E-state index in [2.05, 4.69) is 16.4 Å². The molecule has 0 fully saturated rings. The summed E-state index contributed by atoms with van der Waals surface area (Å²) in [5, 5.41) is 11.9. The second-order valence-electron chi connectivity index (χ2n) is 4.45. The number of aromatic nitrogens is 1. The van der Waals surface area contributed by atoms with Crippen molar-refractivity contribution in [3.05, 3.63) is 53.7 Å². The van der Waals surface area contributed by atoms with E-state index in [0.29, 0.717) is 23.5 Å². The summed E-state index contributed by atoms with van der Waals surface area (Å²) in [4.78, 5) is 18.3. The summed E-state index contributed by atoms with van der Waals surface area (Å²) in [6, 6.07) is 12.4. The number of nitrogens with zero attached hydrogens (tertiary/aromatic N) is 3. The summed E-state index contributed by atoms with van der Waals surface area (Å²) in [5.74, 6) is 0.425. The molecule has 106 valence electrons. The second kappa shape index (κ2) is 6.53. The number of nitrogens with one attached hydrogen (secondary N) is 1. The molecule has 1 heterocycles. The molecular weight excluding hydrogens is 264 g/mol. The monoisotopic (exact) mass is 280 g/mol. The molecular formula is C16H16N4O. The van der Waals surface area contributed by atoms with Gasteiger partial charge in [-0.1, -0.05) is 0 Å². The molecule has 0 atom stereocenters. The van der Waals surface area contributed by atoms with Crippen molar-refractivity contribution in [2.24, 2.45) is 0 Å². The Morgan fingerprint density at radius 2 is 2.05 bits per heavy atom. The predicted molar refractivity (Wildman–Crippen MR) is 82.3 cm³/mol. The first-order chi connectivity index (χ1) is 10.2. The van der Waals surface area contributed by atoms with Gasteiger partial charge in [0.15, 0.2) is 0 Å². The molecule has 0 saturated heterocycles. The molecule has 2 aromatic rings. The summed E-state index contributed by atoms with van der Waals surface area (Å²) in [6.07, 6.45) is 1.65. The fourth-order valence-electron chi connectivity index (χ4n) is 1.94. The molecule has 1 N–H and O–H groups in total. The van der Waals surface area contributed by atoms with Gasteiger partial charge in [-0.2, -0.15) is 5.26 Å². The Labute approximate surface area is 123 Å². The lowest BCUT2D eigenvalue weighted by molar-refractivity contribution is 0.0993. The highest BCUT2D eigenvalue weighted by Crippen LogP contribution is 2.19. The molecule has 0 radical (unpaired) electrons. The zero-order valence-corrected chi connectivity index (χ0v) is 12.0. The van der Waals surface area contributed by atoms with Gasteiger partial charge >= 0.3 is 0 Å². The van der Waals surface area contributed by atoms with Crippen LogP contribution in [-0.2, 0) is 0 Å². The SMILES string of the molecule is CCNc1ncccc1C(=O)N(C)c1ccc(C#N)cc1. The number of amides is 1. The molecule has 1 aromatic carbocycles. The zero-order valence-electron chi connectivity index (χ0n) is 12.0. The third kappa shape index (κ3) is 3.18. The van der Waals surface area contributed by atoms with E-state index in [9.17, 15) is 4.79 Å². The molecule has 0 bridgehead atoms. The first kappa shape index (κ1) is 14.5. The average Bonchev–Trinajstić information content (AvgIpc) is 2.54. The van der Waals surface area contributed by atoms with Crippen LogP contribution in [0.1, 0.15) is 22.8 Å². The van der Waals surface area contributed by atoms with Crippen LogP contribution in [-0.4, -0.2) is 24.5 Å². The van der Waals surface area contributed by atoms with Crippen molar-refractivity contribution in [3.8, 4) is 6.07 Å². The first-order valence-corrected chi connectivity index (χ1v) is 6.64. The zero-order chi connectivity index (χ0) is 15.2. The lowest BCUT2D eigenvalue weighted by atomic mass is 10.2. The summed E-state index contributed by atoms with van der Waals surface area (Å²) in [7, 11) is 1.70. The normalized spacial score (nSPS) is 9.76. The van der Waals surface area contributed by atoms with E-state index >= 15 is 0 Å². The fraction of sp³-hybridized carbons (Fsp3) is 0.188. The largest absolute Gasteiger partial charge is 0.370 e. The van der Waals surface area contributed by atoms with E-state index in [1.165, 1.54) is 0 Å². The Morgan fingerprint density at radius 1 is 1.33 bits per heavy atom. The minimum Gasteiger partial charge on any atom is -0.370 e. The highest BCUT2D eigenvalue weighted by molar-refractivity contribution is 6.08. The first-order valence-electron chi connectivity index (χ1n) is 6.64. The summed E-state index contributed by atoms with van der Waals surface area (Å²) in [5.41, 5.74) is 1.81. The van der Waals surface area contributed by atoms with Crippen molar-refractivity contribution < 1.29 is 4.79 Å². The van der Waals surface area contributed by atoms with Crippen LogP contribution in [0.5, 0.6) is 0 Å². The second-order valence-corrected chi connectivity index (χ2v) is 4.45. The van der Waals surface area contributed by atoms with Crippen LogP contribution in [0.25, 0.3) is 0 Å². The van der Waals surface area contributed by atoms with Crippen molar-refractivity contribution in [1.29, 1.82) is 5.26 Å². The average molecular weight is 280 g/mol. The minimum absolute atomic E-state index is 0.149. The third-order valence-electron chi connectivity index (χ3n) is 3.07. The van der Waals surface area contributed by atoms with Crippen LogP contribution in [0, 0.1) is 11.3 Å². The Hall–Kier alpha value is -2.87. The molecule has 5 nitrogen and oxygen atoms in total. The van der Waals surface area contributed by atoms with E-state index in [4.69, 9.17) is 5.26 Å². The smallest absolute Gasteiger partial charge is 0.261 e. The van der Waals surface area contributed by atoms with Crippen molar-refractivity contribution in [1.82, 2.24) is 4.98 Å². The van der Waals surface area contributed by atoms with Crippen molar-refractivity contribution in [3.63, 3.8) is 0 Å². The predicted octanol–water partition coefficient (Wildman–Crippen LogP) is 2.66. The molecule has 0 saturated carbocycles. The van der Waals surface area contributed by atoms with Crippen molar-refractivity contribution in [2.45, 2.75) is 6.92 Å². The van der Waals surface area contributed by atoms with Crippen LogP contribution in [0.15, 0.2) is 42.6 Å². The van der Waals surface area contributed by atoms with Gasteiger partial charge in [-0.3, -0.25) is 4.79 Å². The maximum atomic E-state index is 12.6. The van der Waals surface area contributed by atoms with Crippen LogP contribution in [0.2, 0.25) is 0 Å². The Balaban J connectivity index is 2.28. The van der Waals surface area contributed by atoms with Gasteiger partial charge < -0.3 is 10.2 Å². The molecule has 1 amide bonds.